The Morgan fingerprint density at radius 1 is 1.39 bits per heavy atom. The molecule has 0 fully saturated rings. The lowest BCUT2D eigenvalue weighted by Crippen LogP contribution is -2.16. The zero-order valence-electron chi connectivity index (χ0n) is 9.94. The lowest BCUT2D eigenvalue weighted by Gasteiger charge is -2.06. The molecule has 0 aliphatic heterocycles. The highest BCUT2D eigenvalue weighted by Gasteiger charge is 2.00. The minimum absolute atomic E-state index is 0.164. The Labute approximate surface area is 111 Å². The summed E-state index contributed by atoms with van der Waals surface area (Å²) in [6, 6.07) is 6.77. The summed E-state index contributed by atoms with van der Waals surface area (Å²) in [6.45, 7) is 2.40. The van der Waals surface area contributed by atoms with Gasteiger partial charge in [0.15, 0.2) is 0 Å². The molecule has 96 valence electrons. The summed E-state index contributed by atoms with van der Waals surface area (Å²) in [6.07, 6.45) is 4.69. The molecule has 0 aliphatic rings. The standard InChI is InChI=1S/C13H15ClFN3/c14-12-4-3-11(9-13(12)15)10-16-5-1-7-18-8-2-6-17-18/h2-4,6,8-9,16H,1,5,7,10H2. The molecule has 0 amide bonds. The van der Waals surface area contributed by atoms with Gasteiger partial charge in [-0.3, -0.25) is 4.68 Å². The van der Waals surface area contributed by atoms with Gasteiger partial charge >= 0.3 is 0 Å². The highest BCUT2D eigenvalue weighted by Crippen LogP contribution is 2.15. The Kier molecular flexibility index (Phi) is 4.73. The van der Waals surface area contributed by atoms with Crippen molar-refractivity contribution < 1.29 is 4.39 Å². The first-order valence-corrected chi connectivity index (χ1v) is 6.25. The van der Waals surface area contributed by atoms with Crippen LogP contribution in [-0.4, -0.2) is 16.3 Å². The number of rotatable bonds is 6. The van der Waals surface area contributed by atoms with Crippen molar-refractivity contribution in [3.63, 3.8) is 0 Å². The lowest BCUT2D eigenvalue weighted by atomic mass is 10.2. The van der Waals surface area contributed by atoms with Gasteiger partial charge in [-0.2, -0.15) is 5.10 Å². The fourth-order valence-electron chi connectivity index (χ4n) is 1.68. The Morgan fingerprint density at radius 2 is 2.28 bits per heavy atom. The van der Waals surface area contributed by atoms with Crippen LogP contribution in [0.15, 0.2) is 36.7 Å². The van der Waals surface area contributed by atoms with Crippen LogP contribution < -0.4 is 5.32 Å². The van der Waals surface area contributed by atoms with E-state index in [4.69, 9.17) is 11.6 Å². The summed E-state index contributed by atoms with van der Waals surface area (Å²) in [4.78, 5) is 0. The summed E-state index contributed by atoms with van der Waals surface area (Å²) in [5, 5.41) is 7.54. The second-order valence-electron chi connectivity index (χ2n) is 4.05. The number of benzene rings is 1. The molecule has 0 atom stereocenters. The molecule has 1 aromatic heterocycles. The van der Waals surface area contributed by atoms with Crippen LogP contribution in [0.25, 0.3) is 0 Å². The first-order chi connectivity index (χ1) is 8.75. The third-order valence-electron chi connectivity index (χ3n) is 2.61. The number of nitrogens with one attached hydrogen (secondary N) is 1. The van der Waals surface area contributed by atoms with E-state index in [9.17, 15) is 4.39 Å². The van der Waals surface area contributed by atoms with Gasteiger partial charge in [0.1, 0.15) is 5.82 Å². The van der Waals surface area contributed by atoms with Crippen molar-refractivity contribution in [2.24, 2.45) is 0 Å². The van der Waals surface area contributed by atoms with E-state index >= 15 is 0 Å². The Hall–Kier alpha value is -1.39. The molecule has 0 saturated heterocycles. The third-order valence-corrected chi connectivity index (χ3v) is 2.92. The zero-order chi connectivity index (χ0) is 12.8. The van der Waals surface area contributed by atoms with Crippen molar-refractivity contribution in [1.29, 1.82) is 0 Å². The monoisotopic (exact) mass is 267 g/mol. The molecule has 0 spiro atoms. The number of halogens is 2. The number of aromatic nitrogens is 2. The number of aryl methyl sites for hydroxylation is 1. The van der Waals surface area contributed by atoms with Gasteiger partial charge in [0.25, 0.3) is 0 Å². The molecule has 0 aliphatic carbocycles. The van der Waals surface area contributed by atoms with Gasteiger partial charge in [-0.05, 0) is 36.7 Å². The molecule has 18 heavy (non-hydrogen) atoms. The van der Waals surface area contributed by atoms with Crippen LogP contribution in [-0.2, 0) is 13.1 Å². The summed E-state index contributed by atoms with van der Waals surface area (Å²) in [5.74, 6) is -0.368. The molecule has 2 rings (SSSR count). The van der Waals surface area contributed by atoms with E-state index < -0.39 is 0 Å². The molecule has 5 heteroatoms. The maximum Gasteiger partial charge on any atom is 0.142 e. The molecule has 0 radical (unpaired) electrons. The van der Waals surface area contributed by atoms with Gasteiger partial charge in [-0.1, -0.05) is 17.7 Å². The largest absolute Gasteiger partial charge is 0.313 e. The Morgan fingerprint density at radius 3 is 3.00 bits per heavy atom. The minimum Gasteiger partial charge on any atom is -0.313 e. The van der Waals surface area contributed by atoms with Gasteiger partial charge in [0, 0.05) is 25.5 Å². The molecular weight excluding hydrogens is 253 g/mol. The van der Waals surface area contributed by atoms with Crippen LogP contribution >= 0.6 is 11.6 Å². The Bertz CT molecular complexity index is 485. The first kappa shape index (κ1) is 13.1. The fourth-order valence-corrected chi connectivity index (χ4v) is 1.80. The van der Waals surface area contributed by atoms with Gasteiger partial charge in [0.05, 0.1) is 5.02 Å². The van der Waals surface area contributed by atoms with E-state index in [0.29, 0.717) is 6.54 Å². The van der Waals surface area contributed by atoms with E-state index in [-0.39, 0.29) is 10.8 Å². The van der Waals surface area contributed by atoms with Crippen LogP contribution in [0, 0.1) is 5.82 Å². The van der Waals surface area contributed by atoms with Crippen LogP contribution in [0.4, 0.5) is 4.39 Å². The number of hydrogen-bond acceptors (Lipinski definition) is 2. The number of nitrogens with zero attached hydrogens (tertiary/aromatic N) is 2. The average molecular weight is 268 g/mol. The van der Waals surface area contributed by atoms with Crippen LogP contribution in [0.2, 0.25) is 5.02 Å². The lowest BCUT2D eigenvalue weighted by molar-refractivity contribution is 0.542. The fraction of sp³-hybridized carbons (Fsp3) is 0.308. The highest BCUT2D eigenvalue weighted by atomic mass is 35.5. The SMILES string of the molecule is Fc1cc(CNCCCn2cccn2)ccc1Cl. The van der Waals surface area contributed by atoms with E-state index in [1.165, 1.54) is 6.07 Å². The molecule has 0 saturated carbocycles. The molecule has 1 heterocycles. The van der Waals surface area contributed by atoms with E-state index in [1.54, 1.807) is 12.3 Å². The second kappa shape index (κ2) is 6.52. The molecule has 0 unspecified atom stereocenters. The Balaban J connectivity index is 1.67. The normalized spacial score (nSPS) is 10.8. The summed E-state index contributed by atoms with van der Waals surface area (Å²) in [5.41, 5.74) is 0.899. The van der Waals surface area contributed by atoms with Crippen molar-refractivity contribution in [2.45, 2.75) is 19.5 Å². The van der Waals surface area contributed by atoms with Crippen molar-refractivity contribution in [1.82, 2.24) is 15.1 Å². The molecule has 1 aromatic carbocycles. The summed E-state index contributed by atoms with van der Waals surface area (Å²) < 4.78 is 15.1. The van der Waals surface area contributed by atoms with Crippen LogP contribution in [0.1, 0.15) is 12.0 Å². The number of hydrogen-bond donors (Lipinski definition) is 1. The maximum absolute atomic E-state index is 13.2. The van der Waals surface area contributed by atoms with E-state index in [0.717, 1.165) is 25.1 Å². The topological polar surface area (TPSA) is 29.9 Å². The van der Waals surface area contributed by atoms with E-state index in [1.807, 2.05) is 23.0 Å². The maximum atomic E-state index is 13.2. The van der Waals surface area contributed by atoms with Crippen LogP contribution in [0.3, 0.4) is 0 Å². The highest BCUT2D eigenvalue weighted by molar-refractivity contribution is 6.30. The van der Waals surface area contributed by atoms with Crippen molar-refractivity contribution in [2.75, 3.05) is 6.54 Å². The van der Waals surface area contributed by atoms with Crippen molar-refractivity contribution in [3.05, 3.63) is 53.1 Å². The molecule has 2 aromatic rings. The van der Waals surface area contributed by atoms with E-state index in [2.05, 4.69) is 10.4 Å². The quantitative estimate of drug-likeness (QED) is 0.816. The summed E-state index contributed by atoms with van der Waals surface area (Å²) >= 11 is 5.62. The van der Waals surface area contributed by atoms with Gasteiger partial charge in [0.2, 0.25) is 0 Å². The molecule has 3 nitrogen and oxygen atoms in total. The third kappa shape index (κ3) is 3.82. The summed E-state index contributed by atoms with van der Waals surface area (Å²) in [7, 11) is 0. The predicted molar refractivity (Wildman–Crippen MR) is 70.0 cm³/mol. The molecule has 0 bridgehead atoms. The van der Waals surface area contributed by atoms with Gasteiger partial charge in [-0.15, -0.1) is 0 Å². The first-order valence-electron chi connectivity index (χ1n) is 5.88. The smallest absolute Gasteiger partial charge is 0.142 e. The molecule has 1 N–H and O–H groups in total. The van der Waals surface area contributed by atoms with Crippen molar-refractivity contribution in [3.8, 4) is 0 Å². The second-order valence-corrected chi connectivity index (χ2v) is 4.46. The van der Waals surface area contributed by atoms with Gasteiger partial charge in [-0.25, -0.2) is 4.39 Å². The zero-order valence-corrected chi connectivity index (χ0v) is 10.7. The predicted octanol–water partition coefficient (Wildman–Crippen LogP) is 2.86. The minimum atomic E-state index is -0.368. The van der Waals surface area contributed by atoms with Gasteiger partial charge < -0.3 is 5.32 Å². The van der Waals surface area contributed by atoms with Crippen LogP contribution in [0.5, 0.6) is 0 Å². The average Bonchev–Trinajstić information content (AvgIpc) is 2.86. The molecular formula is C13H15ClFN3. The van der Waals surface area contributed by atoms with Crippen molar-refractivity contribution >= 4 is 11.6 Å².